The minimum atomic E-state index is -0.322. The second-order valence-electron chi connectivity index (χ2n) is 4.58. The molecule has 0 saturated heterocycles. The molecule has 21 heavy (non-hydrogen) atoms. The molecule has 0 unspecified atom stereocenters. The van der Waals surface area contributed by atoms with Gasteiger partial charge in [-0.3, -0.25) is 0 Å². The van der Waals surface area contributed by atoms with Crippen LogP contribution in [0.4, 0.5) is 5.82 Å². The molecule has 7 heteroatoms. The van der Waals surface area contributed by atoms with E-state index in [1.165, 1.54) is 11.3 Å². The second-order valence-corrected chi connectivity index (χ2v) is 5.58. The summed E-state index contributed by atoms with van der Waals surface area (Å²) in [7, 11) is 0. The number of esters is 1. The lowest BCUT2D eigenvalue weighted by molar-refractivity contribution is 0.0531. The smallest absolute Gasteiger partial charge is 0.348 e. The number of hydrogen-bond acceptors (Lipinski definition) is 7. The minimum absolute atomic E-state index is 0.122. The summed E-state index contributed by atoms with van der Waals surface area (Å²) in [4.78, 5) is 22.1. The third-order valence-electron chi connectivity index (χ3n) is 2.99. The number of nitrogens with one attached hydrogen (secondary N) is 1. The highest BCUT2D eigenvalue weighted by Gasteiger charge is 2.20. The lowest BCUT2D eigenvalue weighted by atomic mass is 10.2. The molecule has 6 nitrogen and oxygen atoms in total. The normalized spacial score (nSPS) is 10.9. The van der Waals surface area contributed by atoms with Gasteiger partial charge in [0.25, 0.3) is 0 Å². The van der Waals surface area contributed by atoms with E-state index in [-0.39, 0.29) is 12.6 Å². The summed E-state index contributed by atoms with van der Waals surface area (Å²) in [6.07, 6.45) is 0.637. The molecule has 0 saturated carbocycles. The third kappa shape index (κ3) is 3.30. The molecular formula is C14H19N3O3S. The van der Waals surface area contributed by atoms with E-state index in [0.717, 1.165) is 15.8 Å². The van der Waals surface area contributed by atoms with Gasteiger partial charge in [0.15, 0.2) is 0 Å². The van der Waals surface area contributed by atoms with Gasteiger partial charge in [0.1, 0.15) is 21.3 Å². The van der Waals surface area contributed by atoms with Gasteiger partial charge in [-0.25, -0.2) is 14.8 Å². The van der Waals surface area contributed by atoms with Crippen LogP contribution in [0.2, 0.25) is 0 Å². The van der Waals surface area contributed by atoms with Crippen molar-refractivity contribution in [2.24, 2.45) is 0 Å². The largest absolute Gasteiger partial charge is 0.462 e. The minimum Gasteiger partial charge on any atom is -0.462 e. The first-order chi connectivity index (χ1) is 10.1. The summed E-state index contributed by atoms with van der Waals surface area (Å²) in [6, 6.07) is 0. The van der Waals surface area contributed by atoms with Gasteiger partial charge >= 0.3 is 5.97 Å². The Morgan fingerprint density at radius 2 is 2.14 bits per heavy atom. The molecular weight excluding hydrogens is 290 g/mol. The average Bonchev–Trinajstić information content (AvgIpc) is 2.76. The van der Waals surface area contributed by atoms with Crippen molar-refractivity contribution < 1.29 is 14.6 Å². The highest BCUT2D eigenvalue weighted by Crippen LogP contribution is 2.34. The van der Waals surface area contributed by atoms with E-state index in [9.17, 15) is 4.79 Å². The number of hydrogen-bond donors (Lipinski definition) is 2. The molecule has 0 bridgehead atoms. The standard InChI is InChI=1S/C14H19N3O3S/c1-4-20-14(19)11-8(2)10-12(15-6-5-7-18)16-9(3)17-13(10)21-11/h18H,4-7H2,1-3H3,(H,15,16,17). The molecule has 0 spiro atoms. The van der Waals surface area contributed by atoms with Gasteiger partial charge in [-0.1, -0.05) is 0 Å². The fraction of sp³-hybridized carbons (Fsp3) is 0.500. The first kappa shape index (κ1) is 15.7. The second kappa shape index (κ2) is 6.82. The number of thiophene rings is 1. The molecule has 2 rings (SSSR count). The van der Waals surface area contributed by atoms with Crippen LogP contribution >= 0.6 is 11.3 Å². The van der Waals surface area contributed by atoms with Crippen LogP contribution in [0.15, 0.2) is 0 Å². The van der Waals surface area contributed by atoms with Crippen LogP contribution in [0.25, 0.3) is 10.2 Å². The van der Waals surface area contributed by atoms with Crippen LogP contribution in [0.3, 0.4) is 0 Å². The topological polar surface area (TPSA) is 84.3 Å². The van der Waals surface area contributed by atoms with Crippen LogP contribution in [-0.4, -0.2) is 40.8 Å². The van der Waals surface area contributed by atoms with Gasteiger partial charge in [0.05, 0.1) is 12.0 Å². The number of aliphatic hydroxyl groups excluding tert-OH is 1. The third-order valence-corrected chi connectivity index (χ3v) is 4.16. The van der Waals surface area contributed by atoms with Crippen LogP contribution in [0.1, 0.15) is 34.4 Å². The van der Waals surface area contributed by atoms with Gasteiger partial charge in [-0.15, -0.1) is 11.3 Å². The number of rotatable bonds is 6. The fourth-order valence-electron chi connectivity index (χ4n) is 2.05. The molecule has 0 amide bonds. The first-order valence-corrected chi connectivity index (χ1v) is 7.69. The number of nitrogens with zero attached hydrogens (tertiary/aromatic N) is 2. The Morgan fingerprint density at radius 1 is 1.38 bits per heavy atom. The first-order valence-electron chi connectivity index (χ1n) is 6.88. The van der Waals surface area contributed by atoms with E-state index < -0.39 is 0 Å². The monoisotopic (exact) mass is 309 g/mol. The quantitative estimate of drug-likeness (QED) is 0.629. The lowest BCUT2D eigenvalue weighted by Crippen LogP contribution is -2.07. The molecule has 2 N–H and O–H groups in total. The number of aliphatic hydroxyl groups is 1. The van der Waals surface area contributed by atoms with Crippen molar-refractivity contribution in [3.05, 3.63) is 16.3 Å². The highest BCUT2D eigenvalue weighted by molar-refractivity contribution is 7.20. The van der Waals surface area contributed by atoms with Crippen LogP contribution in [0.5, 0.6) is 0 Å². The van der Waals surface area contributed by atoms with E-state index in [1.807, 2.05) is 13.8 Å². The highest BCUT2D eigenvalue weighted by atomic mass is 32.1. The predicted octanol–water partition coefficient (Wildman–Crippen LogP) is 2.28. The Bertz CT molecular complexity index is 654. The molecule has 0 aliphatic heterocycles. The molecule has 2 heterocycles. The molecule has 0 radical (unpaired) electrons. The van der Waals surface area contributed by atoms with Crippen molar-refractivity contribution in [3.8, 4) is 0 Å². The Balaban J connectivity index is 2.46. The zero-order chi connectivity index (χ0) is 15.4. The summed E-state index contributed by atoms with van der Waals surface area (Å²) < 4.78 is 5.08. The molecule has 2 aromatic heterocycles. The molecule has 2 aromatic rings. The molecule has 0 atom stereocenters. The Kier molecular flexibility index (Phi) is 5.08. The SMILES string of the molecule is CCOC(=O)c1sc2nc(C)nc(NCCCO)c2c1C. The molecule has 0 fully saturated rings. The summed E-state index contributed by atoms with van der Waals surface area (Å²) >= 11 is 1.32. The zero-order valence-electron chi connectivity index (χ0n) is 12.4. The predicted molar refractivity (Wildman–Crippen MR) is 83.0 cm³/mol. The Labute approximate surface area is 127 Å². The summed E-state index contributed by atoms with van der Waals surface area (Å²) in [6.45, 7) is 6.56. The average molecular weight is 309 g/mol. The van der Waals surface area contributed by atoms with Gasteiger partial charge in [0, 0.05) is 13.2 Å². The van der Waals surface area contributed by atoms with Crippen molar-refractivity contribution in [1.82, 2.24) is 9.97 Å². The lowest BCUT2D eigenvalue weighted by Gasteiger charge is -2.07. The summed E-state index contributed by atoms with van der Waals surface area (Å²) in [5.74, 6) is 1.03. The fourth-order valence-corrected chi connectivity index (χ4v) is 3.17. The van der Waals surface area contributed by atoms with Gasteiger partial charge in [0.2, 0.25) is 0 Å². The number of aryl methyl sites for hydroxylation is 2. The number of fused-ring (bicyclic) bond motifs is 1. The van der Waals surface area contributed by atoms with Gasteiger partial charge in [-0.2, -0.15) is 0 Å². The van der Waals surface area contributed by atoms with Crippen molar-refractivity contribution in [1.29, 1.82) is 0 Å². The zero-order valence-corrected chi connectivity index (χ0v) is 13.2. The van der Waals surface area contributed by atoms with E-state index in [1.54, 1.807) is 6.92 Å². The van der Waals surface area contributed by atoms with Crippen molar-refractivity contribution in [3.63, 3.8) is 0 Å². The van der Waals surface area contributed by atoms with Crippen LogP contribution < -0.4 is 5.32 Å². The molecule has 0 aromatic carbocycles. The molecule has 114 valence electrons. The number of carbonyl (C=O) groups is 1. The van der Waals surface area contributed by atoms with E-state index in [0.29, 0.717) is 36.1 Å². The number of carbonyl (C=O) groups excluding carboxylic acids is 1. The van der Waals surface area contributed by atoms with Gasteiger partial charge < -0.3 is 15.2 Å². The van der Waals surface area contributed by atoms with E-state index in [2.05, 4.69) is 15.3 Å². The molecule has 0 aliphatic carbocycles. The Hall–Kier alpha value is -1.73. The Morgan fingerprint density at radius 3 is 2.81 bits per heavy atom. The van der Waals surface area contributed by atoms with E-state index >= 15 is 0 Å². The summed E-state index contributed by atoms with van der Waals surface area (Å²) in [5.41, 5.74) is 0.833. The number of ether oxygens (including phenoxy) is 1. The van der Waals surface area contributed by atoms with Crippen molar-refractivity contribution in [2.45, 2.75) is 27.2 Å². The van der Waals surface area contributed by atoms with E-state index in [4.69, 9.17) is 9.84 Å². The van der Waals surface area contributed by atoms with Crippen molar-refractivity contribution in [2.75, 3.05) is 25.1 Å². The van der Waals surface area contributed by atoms with Gasteiger partial charge in [-0.05, 0) is 32.8 Å². The number of anilines is 1. The maximum atomic E-state index is 12.0. The maximum absolute atomic E-state index is 12.0. The number of aromatic nitrogens is 2. The maximum Gasteiger partial charge on any atom is 0.348 e. The van der Waals surface area contributed by atoms with Crippen molar-refractivity contribution >= 4 is 33.3 Å². The summed E-state index contributed by atoms with van der Waals surface area (Å²) in [5, 5.41) is 12.9. The van der Waals surface area contributed by atoms with Crippen LogP contribution in [-0.2, 0) is 4.74 Å². The molecule has 0 aliphatic rings. The van der Waals surface area contributed by atoms with Crippen LogP contribution in [0, 0.1) is 13.8 Å².